The van der Waals surface area contributed by atoms with Crippen LogP contribution in [0.3, 0.4) is 0 Å². The maximum absolute atomic E-state index is 5.57. The first-order valence-corrected chi connectivity index (χ1v) is 6.08. The lowest BCUT2D eigenvalue weighted by atomic mass is 10.2. The fourth-order valence-corrected chi connectivity index (χ4v) is 2.22. The quantitative estimate of drug-likeness (QED) is 0.767. The van der Waals surface area contributed by atoms with E-state index < -0.39 is 0 Å². The molecule has 1 rings (SSSR count). The van der Waals surface area contributed by atoms with E-state index in [1.165, 1.54) is 25.3 Å². The fourth-order valence-electron chi connectivity index (χ4n) is 2.22. The predicted molar refractivity (Wildman–Crippen MR) is 65.5 cm³/mol. The Balaban J connectivity index is 2.63. The highest BCUT2D eigenvalue weighted by atomic mass is 15.4. The smallest absolute Gasteiger partial charge is 0.0997 e. The van der Waals surface area contributed by atoms with Crippen molar-refractivity contribution in [2.45, 2.75) is 39.7 Å². The van der Waals surface area contributed by atoms with Crippen LogP contribution >= 0.6 is 0 Å². The van der Waals surface area contributed by atoms with Crippen molar-refractivity contribution in [3.8, 4) is 0 Å². The lowest BCUT2D eigenvalue weighted by Crippen LogP contribution is -2.46. The minimum Gasteiger partial charge on any atom is -0.358 e. The number of nitrogens with zero attached hydrogens (tertiary/aromatic N) is 2. The Morgan fingerprint density at radius 1 is 1.40 bits per heavy atom. The maximum Gasteiger partial charge on any atom is 0.0997 e. The van der Waals surface area contributed by atoms with Gasteiger partial charge in [0.25, 0.3) is 0 Å². The molecule has 1 heterocycles. The number of rotatable bonds is 4. The van der Waals surface area contributed by atoms with Gasteiger partial charge >= 0.3 is 0 Å². The molecule has 0 unspecified atom stereocenters. The van der Waals surface area contributed by atoms with Crippen LogP contribution in [0.25, 0.3) is 0 Å². The Kier molecular flexibility index (Phi) is 4.95. The average molecular weight is 211 g/mol. The molecular formula is C12H25N3. The van der Waals surface area contributed by atoms with Gasteiger partial charge < -0.3 is 15.5 Å². The van der Waals surface area contributed by atoms with Gasteiger partial charge in [0.1, 0.15) is 0 Å². The lowest BCUT2D eigenvalue weighted by Gasteiger charge is -2.43. The highest BCUT2D eigenvalue weighted by molar-refractivity contribution is 5.03. The summed E-state index contributed by atoms with van der Waals surface area (Å²) in [5, 5.41) is 0. The summed E-state index contributed by atoms with van der Waals surface area (Å²) in [4.78, 5) is 4.95. The van der Waals surface area contributed by atoms with E-state index in [4.69, 9.17) is 5.73 Å². The van der Waals surface area contributed by atoms with Crippen molar-refractivity contribution in [2.24, 2.45) is 5.73 Å². The second-order valence-electron chi connectivity index (χ2n) is 4.42. The molecule has 15 heavy (non-hydrogen) atoms. The van der Waals surface area contributed by atoms with Crippen molar-refractivity contribution in [1.82, 2.24) is 9.80 Å². The van der Waals surface area contributed by atoms with Crippen molar-refractivity contribution in [1.29, 1.82) is 0 Å². The zero-order valence-corrected chi connectivity index (χ0v) is 10.4. The molecule has 1 fully saturated rings. The largest absolute Gasteiger partial charge is 0.358 e. The molecular weight excluding hydrogens is 186 g/mol. The Morgan fingerprint density at radius 3 is 2.67 bits per heavy atom. The third-order valence-electron chi connectivity index (χ3n) is 2.96. The van der Waals surface area contributed by atoms with Gasteiger partial charge in [-0.25, -0.2) is 0 Å². The summed E-state index contributed by atoms with van der Waals surface area (Å²) in [6, 6.07) is 0.594. The zero-order valence-electron chi connectivity index (χ0n) is 10.4. The first kappa shape index (κ1) is 12.4. The van der Waals surface area contributed by atoms with Crippen molar-refractivity contribution < 1.29 is 0 Å². The van der Waals surface area contributed by atoms with E-state index in [1.807, 2.05) is 0 Å². The molecule has 2 N–H and O–H groups in total. The van der Waals surface area contributed by atoms with Crippen LogP contribution in [-0.2, 0) is 0 Å². The average Bonchev–Trinajstić information content (AvgIpc) is 2.25. The van der Waals surface area contributed by atoms with Gasteiger partial charge in [-0.3, -0.25) is 0 Å². The minimum atomic E-state index is 0.594. The highest BCUT2D eigenvalue weighted by Crippen LogP contribution is 2.20. The number of allylic oxidation sites excluding steroid dienone is 1. The van der Waals surface area contributed by atoms with Gasteiger partial charge in [0.2, 0.25) is 0 Å². The van der Waals surface area contributed by atoms with Crippen LogP contribution in [0.4, 0.5) is 0 Å². The topological polar surface area (TPSA) is 32.5 Å². The maximum atomic E-state index is 5.57. The Labute approximate surface area is 93.9 Å². The molecule has 1 aliphatic rings. The second kappa shape index (κ2) is 6.01. The van der Waals surface area contributed by atoms with Crippen LogP contribution in [-0.4, -0.2) is 42.0 Å². The summed E-state index contributed by atoms with van der Waals surface area (Å²) in [6.07, 6.45) is 4.58. The van der Waals surface area contributed by atoms with Gasteiger partial charge in [-0.2, -0.15) is 0 Å². The number of nitrogens with two attached hydrogens (primary N) is 1. The van der Waals surface area contributed by atoms with Gasteiger partial charge in [0, 0.05) is 25.7 Å². The van der Waals surface area contributed by atoms with Crippen molar-refractivity contribution in [2.75, 3.05) is 26.2 Å². The minimum absolute atomic E-state index is 0.594. The van der Waals surface area contributed by atoms with Crippen LogP contribution in [0, 0.1) is 0 Å². The second-order valence-corrected chi connectivity index (χ2v) is 4.42. The Bertz CT molecular complexity index is 211. The molecule has 0 aromatic rings. The van der Waals surface area contributed by atoms with Crippen LogP contribution in [0.1, 0.15) is 33.6 Å². The van der Waals surface area contributed by atoms with Gasteiger partial charge in [0.15, 0.2) is 0 Å². The Hall–Kier alpha value is -0.700. The van der Waals surface area contributed by atoms with E-state index in [1.54, 1.807) is 0 Å². The van der Waals surface area contributed by atoms with E-state index in [0.29, 0.717) is 6.04 Å². The SMILES string of the molecule is C/C=C1\N(CCCN)CCCN1C(C)C. The van der Waals surface area contributed by atoms with Crippen LogP contribution < -0.4 is 5.73 Å². The standard InChI is InChI=1S/C12H25N3/c1-4-12-14(8-5-7-13)9-6-10-15(12)11(2)3/h4,11H,5-10,13H2,1-3H3/b12-4+. The van der Waals surface area contributed by atoms with Crippen LogP contribution in [0.15, 0.2) is 11.9 Å². The normalized spacial score (nSPS) is 20.5. The molecule has 0 aliphatic carbocycles. The highest BCUT2D eigenvalue weighted by Gasteiger charge is 2.22. The summed E-state index contributed by atoms with van der Waals surface area (Å²) < 4.78 is 0. The number of hydrogen-bond donors (Lipinski definition) is 1. The van der Waals surface area contributed by atoms with Crippen LogP contribution in [0.2, 0.25) is 0 Å². The number of hydrogen-bond acceptors (Lipinski definition) is 3. The van der Waals surface area contributed by atoms with E-state index in [-0.39, 0.29) is 0 Å². The summed E-state index contributed by atoms with van der Waals surface area (Å²) >= 11 is 0. The molecule has 0 saturated carbocycles. The molecule has 1 aliphatic heterocycles. The molecule has 0 radical (unpaired) electrons. The van der Waals surface area contributed by atoms with E-state index in [2.05, 4.69) is 36.6 Å². The molecule has 3 heteroatoms. The molecule has 3 nitrogen and oxygen atoms in total. The summed E-state index contributed by atoms with van der Waals surface area (Å²) in [7, 11) is 0. The monoisotopic (exact) mass is 211 g/mol. The van der Waals surface area contributed by atoms with E-state index in [9.17, 15) is 0 Å². The van der Waals surface area contributed by atoms with E-state index in [0.717, 1.165) is 19.5 Å². The summed E-state index contributed by atoms with van der Waals surface area (Å²) in [5.74, 6) is 1.39. The molecule has 0 aromatic carbocycles. The van der Waals surface area contributed by atoms with Gasteiger partial charge in [-0.1, -0.05) is 0 Å². The molecule has 88 valence electrons. The molecule has 0 bridgehead atoms. The third kappa shape index (κ3) is 3.13. The van der Waals surface area contributed by atoms with Gasteiger partial charge in [-0.05, 0) is 46.2 Å². The van der Waals surface area contributed by atoms with Crippen LogP contribution in [0.5, 0.6) is 0 Å². The first-order valence-electron chi connectivity index (χ1n) is 6.08. The zero-order chi connectivity index (χ0) is 11.3. The molecule has 0 atom stereocenters. The van der Waals surface area contributed by atoms with Crippen molar-refractivity contribution >= 4 is 0 Å². The van der Waals surface area contributed by atoms with Crippen molar-refractivity contribution in [3.05, 3.63) is 11.9 Å². The molecule has 0 aromatic heterocycles. The summed E-state index contributed by atoms with van der Waals surface area (Å²) in [5.41, 5.74) is 5.57. The lowest BCUT2D eigenvalue weighted by molar-refractivity contribution is 0.131. The molecule has 1 saturated heterocycles. The summed E-state index contributed by atoms with van der Waals surface area (Å²) in [6.45, 7) is 10.9. The Morgan fingerprint density at radius 2 is 2.13 bits per heavy atom. The third-order valence-corrected chi connectivity index (χ3v) is 2.96. The van der Waals surface area contributed by atoms with E-state index >= 15 is 0 Å². The van der Waals surface area contributed by atoms with Crippen molar-refractivity contribution in [3.63, 3.8) is 0 Å². The predicted octanol–water partition coefficient (Wildman–Crippen LogP) is 1.61. The molecule has 0 amide bonds. The van der Waals surface area contributed by atoms with Gasteiger partial charge in [0.05, 0.1) is 5.82 Å². The fraction of sp³-hybridized carbons (Fsp3) is 0.833. The van der Waals surface area contributed by atoms with Gasteiger partial charge in [-0.15, -0.1) is 0 Å². The first-order chi connectivity index (χ1) is 7.20. The molecule has 0 spiro atoms.